The summed E-state index contributed by atoms with van der Waals surface area (Å²) in [4.78, 5) is 0. The van der Waals surface area contributed by atoms with Crippen LogP contribution in [0.4, 0.5) is 5.69 Å². The van der Waals surface area contributed by atoms with E-state index in [1.54, 1.807) is 10.9 Å². The summed E-state index contributed by atoms with van der Waals surface area (Å²) in [5.74, 6) is 0.924. The number of nitrogens with zero attached hydrogens (tertiary/aromatic N) is 2. The third-order valence-corrected chi connectivity index (χ3v) is 2.05. The molecule has 0 aliphatic carbocycles. The molecule has 1 N–H and O–H groups in total. The van der Waals surface area contributed by atoms with Crippen LogP contribution in [0.3, 0.4) is 0 Å². The lowest BCUT2D eigenvalue weighted by molar-refractivity contribution is 0.518. The van der Waals surface area contributed by atoms with Crippen molar-refractivity contribution >= 4 is 18.1 Å². The summed E-state index contributed by atoms with van der Waals surface area (Å²) in [5, 5.41) is 7.49. The second-order valence-corrected chi connectivity index (χ2v) is 3.23. The number of aromatic nitrogens is 2. The van der Waals surface area contributed by atoms with Gasteiger partial charge in [-0.15, -0.1) is 12.4 Å². The van der Waals surface area contributed by atoms with Gasteiger partial charge in [0.05, 0.1) is 24.2 Å². The minimum Gasteiger partial charge on any atom is -0.467 e. The van der Waals surface area contributed by atoms with Crippen molar-refractivity contribution in [1.82, 2.24) is 9.78 Å². The highest BCUT2D eigenvalue weighted by molar-refractivity contribution is 5.85. The zero-order valence-electron chi connectivity index (χ0n) is 8.73. The van der Waals surface area contributed by atoms with Gasteiger partial charge in [-0.1, -0.05) is 0 Å². The standard InChI is InChI=1S/C10H13N3O.ClH/c1-8-10(7-13(2)12-8)11-6-9-4-3-5-14-9;/h3-5,7,11H,6H2,1-2H3;1H. The molecule has 0 aliphatic heterocycles. The molecule has 5 heteroatoms. The van der Waals surface area contributed by atoms with Crippen molar-refractivity contribution in [2.75, 3.05) is 5.32 Å². The van der Waals surface area contributed by atoms with Crippen molar-refractivity contribution in [2.45, 2.75) is 13.5 Å². The van der Waals surface area contributed by atoms with Crippen LogP contribution in [0.1, 0.15) is 11.5 Å². The molecule has 0 unspecified atom stereocenters. The summed E-state index contributed by atoms with van der Waals surface area (Å²) in [6.07, 6.45) is 3.63. The third-order valence-electron chi connectivity index (χ3n) is 2.05. The van der Waals surface area contributed by atoms with Gasteiger partial charge < -0.3 is 9.73 Å². The first kappa shape index (κ1) is 11.7. The van der Waals surface area contributed by atoms with Gasteiger partial charge >= 0.3 is 0 Å². The van der Waals surface area contributed by atoms with Crippen molar-refractivity contribution in [2.24, 2.45) is 7.05 Å². The van der Waals surface area contributed by atoms with E-state index in [0.29, 0.717) is 6.54 Å². The second-order valence-electron chi connectivity index (χ2n) is 3.23. The number of anilines is 1. The van der Waals surface area contributed by atoms with E-state index in [1.165, 1.54) is 0 Å². The summed E-state index contributed by atoms with van der Waals surface area (Å²) in [5.41, 5.74) is 2.04. The molecule has 0 aliphatic rings. The molecule has 0 radical (unpaired) electrons. The lowest BCUT2D eigenvalue weighted by Crippen LogP contribution is -1.98. The van der Waals surface area contributed by atoms with Crippen LogP contribution in [-0.4, -0.2) is 9.78 Å². The van der Waals surface area contributed by atoms with Crippen molar-refractivity contribution in [3.05, 3.63) is 36.0 Å². The maximum Gasteiger partial charge on any atom is 0.122 e. The van der Waals surface area contributed by atoms with E-state index in [9.17, 15) is 0 Å². The van der Waals surface area contributed by atoms with E-state index in [-0.39, 0.29) is 12.4 Å². The van der Waals surface area contributed by atoms with Gasteiger partial charge in [0.15, 0.2) is 0 Å². The van der Waals surface area contributed by atoms with E-state index in [4.69, 9.17) is 4.42 Å². The number of rotatable bonds is 3. The highest BCUT2D eigenvalue weighted by atomic mass is 35.5. The minimum atomic E-state index is 0. The molecule has 0 bridgehead atoms. The van der Waals surface area contributed by atoms with Gasteiger partial charge in [-0.3, -0.25) is 4.68 Å². The van der Waals surface area contributed by atoms with Gasteiger partial charge in [0.1, 0.15) is 5.76 Å². The molecule has 2 rings (SSSR count). The van der Waals surface area contributed by atoms with Gasteiger partial charge in [0.2, 0.25) is 0 Å². The number of hydrogen-bond donors (Lipinski definition) is 1. The number of halogens is 1. The zero-order valence-corrected chi connectivity index (χ0v) is 9.54. The van der Waals surface area contributed by atoms with Crippen LogP contribution < -0.4 is 5.32 Å². The van der Waals surface area contributed by atoms with Crippen LogP contribution in [0, 0.1) is 6.92 Å². The Morgan fingerprint density at radius 1 is 1.53 bits per heavy atom. The van der Waals surface area contributed by atoms with Gasteiger partial charge in [0.25, 0.3) is 0 Å². The Bertz CT molecular complexity index is 408. The maximum atomic E-state index is 5.21. The molecule has 4 nitrogen and oxygen atoms in total. The fraction of sp³-hybridized carbons (Fsp3) is 0.300. The van der Waals surface area contributed by atoms with Crippen molar-refractivity contribution < 1.29 is 4.42 Å². The van der Waals surface area contributed by atoms with Crippen molar-refractivity contribution in [1.29, 1.82) is 0 Å². The highest BCUT2D eigenvalue weighted by Gasteiger charge is 2.02. The van der Waals surface area contributed by atoms with E-state index < -0.39 is 0 Å². The van der Waals surface area contributed by atoms with Crippen LogP contribution in [0.15, 0.2) is 29.0 Å². The zero-order chi connectivity index (χ0) is 9.97. The SMILES string of the molecule is Cc1nn(C)cc1NCc1ccco1.Cl. The summed E-state index contributed by atoms with van der Waals surface area (Å²) in [6.45, 7) is 2.67. The van der Waals surface area contributed by atoms with Gasteiger partial charge in [-0.2, -0.15) is 5.10 Å². The van der Waals surface area contributed by atoms with E-state index in [0.717, 1.165) is 17.1 Å². The Balaban J connectivity index is 0.00000112. The van der Waals surface area contributed by atoms with Crippen LogP contribution in [0.25, 0.3) is 0 Å². The molecule has 2 aromatic rings. The molecule has 15 heavy (non-hydrogen) atoms. The van der Waals surface area contributed by atoms with Crippen LogP contribution >= 0.6 is 12.4 Å². The molecule has 0 spiro atoms. The topological polar surface area (TPSA) is 43.0 Å². The molecule has 0 saturated heterocycles. The number of aryl methyl sites for hydroxylation is 2. The largest absolute Gasteiger partial charge is 0.467 e. The Morgan fingerprint density at radius 2 is 2.33 bits per heavy atom. The lowest BCUT2D eigenvalue weighted by atomic mass is 10.4. The summed E-state index contributed by atoms with van der Waals surface area (Å²) in [6, 6.07) is 3.83. The molecule has 82 valence electrons. The molecular weight excluding hydrogens is 214 g/mol. The number of furan rings is 1. The quantitative estimate of drug-likeness (QED) is 0.876. The first-order valence-corrected chi connectivity index (χ1v) is 4.52. The van der Waals surface area contributed by atoms with Crippen LogP contribution in [-0.2, 0) is 13.6 Å². The smallest absolute Gasteiger partial charge is 0.122 e. The van der Waals surface area contributed by atoms with Gasteiger partial charge in [-0.05, 0) is 19.1 Å². The molecule has 0 saturated carbocycles. The normalized spacial score (nSPS) is 9.73. The van der Waals surface area contributed by atoms with Gasteiger partial charge in [0, 0.05) is 13.2 Å². The predicted molar refractivity (Wildman–Crippen MR) is 61.2 cm³/mol. The van der Waals surface area contributed by atoms with E-state index >= 15 is 0 Å². The molecular formula is C10H14ClN3O. The fourth-order valence-electron chi connectivity index (χ4n) is 1.37. The predicted octanol–water partition coefficient (Wildman–Crippen LogP) is 2.36. The highest BCUT2D eigenvalue weighted by Crippen LogP contribution is 2.12. The Kier molecular flexibility index (Phi) is 3.80. The third kappa shape index (κ3) is 2.76. The summed E-state index contributed by atoms with van der Waals surface area (Å²) >= 11 is 0. The number of hydrogen-bond acceptors (Lipinski definition) is 3. The Morgan fingerprint density at radius 3 is 2.87 bits per heavy atom. The molecule has 2 aromatic heterocycles. The average molecular weight is 228 g/mol. The van der Waals surface area contributed by atoms with Crippen molar-refractivity contribution in [3.63, 3.8) is 0 Å². The Labute approximate surface area is 94.7 Å². The fourth-order valence-corrected chi connectivity index (χ4v) is 1.37. The molecule has 2 heterocycles. The second kappa shape index (κ2) is 4.89. The molecule has 0 fully saturated rings. The van der Waals surface area contributed by atoms with Gasteiger partial charge in [-0.25, -0.2) is 0 Å². The maximum absolute atomic E-state index is 5.21. The molecule has 0 atom stereocenters. The monoisotopic (exact) mass is 227 g/mol. The summed E-state index contributed by atoms with van der Waals surface area (Å²) < 4.78 is 7.00. The average Bonchev–Trinajstić information content (AvgIpc) is 2.72. The van der Waals surface area contributed by atoms with Crippen LogP contribution in [0.2, 0.25) is 0 Å². The first-order chi connectivity index (χ1) is 6.75. The number of nitrogens with one attached hydrogen (secondary N) is 1. The first-order valence-electron chi connectivity index (χ1n) is 4.52. The lowest BCUT2D eigenvalue weighted by Gasteiger charge is -2.00. The Hall–Kier alpha value is -1.42. The van der Waals surface area contributed by atoms with Crippen molar-refractivity contribution in [3.8, 4) is 0 Å². The minimum absolute atomic E-state index is 0. The molecule has 0 aromatic carbocycles. The van der Waals surface area contributed by atoms with E-state index in [2.05, 4.69) is 10.4 Å². The molecule has 0 amide bonds. The van der Waals surface area contributed by atoms with Crippen LogP contribution in [0.5, 0.6) is 0 Å². The summed E-state index contributed by atoms with van der Waals surface area (Å²) in [7, 11) is 1.91. The van der Waals surface area contributed by atoms with E-state index in [1.807, 2.05) is 32.3 Å².